The first-order chi connectivity index (χ1) is 9.99. The third-order valence-electron chi connectivity index (χ3n) is 4.81. The molecule has 0 saturated heterocycles. The highest BCUT2D eigenvalue weighted by Crippen LogP contribution is 2.22. The summed E-state index contributed by atoms with van der Waals surface area (Å²) in [4.78, 5) is 0. The van der Waals surface area contributed by atoms with Gasteiger partial charge in [-0.2, -0.15) is 0 Å². The monoisotopic (exact) mass is 294 g/mol. The van der Waals surface area contributed by atoms with Crippen molar-refractivity contribution in [1.29, 1.82) is 0 Å². The molecule has 0 bridgehead atoms. The van der Waals surface area contributed by atoms with Crippen LogP contribution in [-0.2, 0) is 0 Å². The van der Waals surface area contributed by atoms with Gasteiger partial charge in [-0.3, -0.25) is 0 Å². The molecule has 1 radical (unpaired) electrons. The van der Waals surface area contributed by atoms with Crippen molar-refractivity contribution in [2.45, 2.75) is 85.0 Å². The van der Waals surface area contributed by atoms with Crippen LogP contribution in [0, 0.1) is 24.7 Å². The van der Waals surface area contributed by atoms with Gasteiger partial charge in [-0.1, -0.05) is 85.6 Å². The van der Waals surface area contributed by atoms with Gasteiger partial charge in [0.15, 0.2) is 0 Å². The van der Waals surface area contributed by atoms with E-state index in [0.717, 1.165) is 30.6 Å². The summed E-state index contributed by atoms with van der Waals surface area (Å²) in [5.74, 6) is 2.58. The van der Waals surface area contributed by atoms with Gasteiger partial charge in [-0.05, 0) is 30.6 Å². The first-order valence-electron chi connectivity index (χ1n) is 9.14. The van der Waals surface area contributed by atoms with Gasteiger partial charge in [0.2, 0.25) is 0 Å². The molecular weight excluding hydrogens is 254 g/mol. The molecule has 1 heteroatoms. The van der Waals surface area contributed by atoms with Gasteiger partial charge in [-0.15, -0.1) is 0 Å². The average molecular weight is 295 g/mol. The van der Waals surface area contributed by atoms with E-state index in [1.165, 1.54) is 57.1 Å². The van der Waals surface area contributed by atoms with E-state index in [4.69, 9.17) is 0 Å². The molecule has 1 N–H and O–H groups in total. The second kappa shape index (κ2) is 13.2. The number of hydrogen-bond donors (Lipinski definition) is 1. The molecule has 21 heavy (non-hydrogen) atoms. The van der Waals surface area contributed by atoms with Crippen LogP contribution < -0.4 is 5.32 Å². The summed E-state index contributed by atoms with van der Waals surface area (Å²) in [7, 11) is 1.96. The fourth-order valence-corrected chi connectivity index (χ4v) is 2.85. The molecular formula is C20H40N. The molecule has 0 aliphatic rings. The molecule has 0 heterocycles. The van der Waals surface area contributed by atoms with Crippen LogP contribution in [0.4, 0.5) is 0 Å². The average Bonchev–Trinajstić information content (AvgIpc) is 2.46. The van der Waals surface area contributed by atoms with Gasteiger partial charge in [0.25, 0.3) is 0 Å². The van der Waals surface area contributed by atoms with Crippen molar-refractivity contribution in [2.24, 2.45) is 17.8 Å². The lowest BCUT2D eigenvalue weighted by Gasteiger charge is -2.15. The Morgan fingerprint density at radius 3 is 1.67 bits per heavy atom. The molecule has 0 aromatic heterocycles. The van der Waals surface area contributed by atoms with E-state index in [1.54, 1.807) is 0 Å². The standard InChI is InChI=1S/C20H40N/c1-7-17(2)11-8-12-18(3)13-9-14-19(4)15-10-16-20(5)21-6/h17-19,21H,1,5,7-16H2,2-4,6H3. The smallest absolute Gasteiger partial charge is 0.00310 e. The molecule has 0 aliphatic heterocycles. The molecule has 0 saturated carbocycles. The fraction of sp³-hybridized carbons (Fsp3) is 0.850. The van der Waals surface area contributed by atoms with Crippen LogP contribution in [0.15, 0.2) is 12.3 Å². The van der Waals surface area contributed by atoms with Crippen LogP contribution in [0.25, 0.3) is 0 Å². The lowest BCUT2D eigenvalue weighted by Crippen LogP contribution is -2.05. The van der Waals surface area contributed by atoms with Crippen molar-refractivity contribution >= 4 is 0 Å². The van der Waals surface area contributed by atoms with Crippen molar-refractivity contribution in [3.05, 3.63) is 19.2 Å². The minimum atomic E-state index is 0.810. The van der Waals surface area contributed by atoms with E-state index >= 15 is 0 Å². The van der Waals surface area contributed by atoms with E-state index in [1.807, 2.05) is 7.05 Å². The van der Waals surface area contributed by atoms with Crippen molar-refractivity contribution in [3.8, 4) is 0 Å². The summed E-state index contributed by atoms with van der Waals surface area (Å²) < 4.78 is 0. The van der Waals surface area contributed by atoms with Crippen LogP contribution in [0.1, 0.15) is 85.0 Å². The summed E-state index contributed by atoms with van der Waals surface area (Å²) in [6.45, 7) is 15.1. The van der Waals surface area contributed by atoms with Gasteiger partial charge >= 0.3 is 0 Å². The highest BCUT2D eigenvalue weighted by atomic mass is 14.8. The Hall–Kier alpha value is -0.460. The Kier molecular flexibility index (Phi) is 12.9. The van der Waals surface area contributed by atoms with E-state index in [0.29, 0.717) is 0 Å². The maximum absolute atomic E-state index is 3.99. The van der Waals surface area contributed by atoms with Crippen LogP contribution in [-0.4, -0.2) is 7.05 Å². The van der Waals surface area contributed by atoms with Crippen molar-refractivity contribution in [3.63, 3.8) is 0 Å². The molecule has 0 amide bonds. The topological polar surface area (TPSA) is 12.0 Å². The van der Waals surface area contributed by atoms with Crippen LogP contribution in [0.3, 0.4) is 0 Å². The fourth-order valence-electron chi connectivity index (χ4n) is 2.85. The van der Waals surface area contributed by atoms with Crippen LogP contribution >= 0.6 is 0 Å². The predicted octanol–water partition coefficient (Wildman–Crippen LogP) is 6.36. The minimum absolute atomic E-state index is 0.810. The van der Waals surface area contributed by atoms with Gasteiger partial charge in [0.05, 0.1) is 0 Å². The molecule has 125 valence electrons. The Morgan fingerprint density at radius 1 is 0.810 bits per heavy atom. The summed E-state index contributed by atoms with van der Waals surface area (Å²) in [6.07, 6.45) is 13.2. The number of allylic oxidation sites excluding steroid dienone is 1. The van der Waals surface area contributed by atoms with Crippen LogP contribution in [0.5, 0.6) is 0 Å². The third kappa shape index (κ3) is 13.0. The Morgan fingerprint density at radius 2 is 1.24 bits per heavy atom. The largest absolute Gasteiger partial charge is 0.392 e. The predicted molar refractivity (Wildman–Crippen MR) is 97.2 cm³/mol. The zero-order valence-electron chi connectivity index (χ0n) is 15.2. The molecule has 0 spiro atoms. The number of hydrogen-bond acceptors (Lipinski definition) is 1. The third-order valence-corrected chi connectivity index (χ3v) is 4.81. The lowest BCUT2D eigenvalue weighted by molar-refractivity contribution is 0.385. The summed E-state index contributed by atoms with van der Waals surface area (Å²) in [6, 6.07) is 0. The van der Waals surface area contributed by atoms with Crippen molar-refractivity contribution < 1.29 is 0 Å². The van der Waals surface area contributed by atoms with E-state index in [2.05, 4.69) is 39.6 Å². The SMILES string of the molecule is [CH2]CC(C)CCCC(C)CCCC(C)CCCC(=C)NC. The van der Waals surface area contributed by atoms with E-state index in [-0.39, 0.29) is 0 Å². The number of nitrogens with one attached hydrogen (secondary N) is 1. The molecule has 0 fully saturated rings. The summed E-state index contributed by atoms with van der Waals surface area (Å²) in [5, 5.41) is 3.13. The van der Waals surface area contributed by atoms with Crippen molar-refractivity contribution in [1.82, 2.24) is 5.32 Å². The molecule has 0 aromatic carbocycles. The van der Waals surface area contributed by atoms with E-state index < -0.39 is 0 Å². The molecule has 1 nitrogen and oxygen atoms in total. The first kappa shape index (κ1) is 20.5. The molecule has 3 unspecified atom stereocenters. The van der Waals surface area contributed by atoms with Gasteiger partial charge in [-0.25, -0.2) is 0 Å². The van der Waals surface area contributed by atoms with Gasteiger partial charge in [0.1, 0.15) is 0 Å². The highest BCUT2D eigenvalue weighted by molar-refractivity contribution is 4.88. The Bertz CT molecular complexity index is 246. The molecule has 0 aromatic rings. The Labute approximate surface area is 135 Å². The van der Waals surface area contributed by atoms with Gasteiger partial charge in [0, 0.05) is 12.7 Å². The Balaban J connectivity index is 3.48. The molecule has 0 aliphatic carbocycles. The lowest BCUT2D eigenvalue weighted by atomic mass is 9.91. The normalized spacial score (nSPS) is 15.5. The van der Waals surface area contributed by atoms with Crippen LogP contribution in [0.2, 0.25) is 0 Å². The second-order valence-corrected chi connectivity index (χ2v) is 7.21. The minimum Gasteiger partial charge on any atom is -0.392 e. The van der Waals surface area contributed by atoms with E-state index in [9.17, 15) is 0 Å². The second-order valence-electron chi connectivity index (χ2n) is 7.21. The highest BCUT2D eigenvalue weighted by Gasteiger charge is 2.07. The summed E-state index contributed by atoms with van der Waals surface area (Å²) >= 11 is 0. The maximum Gasteiger partial charge on any atom is 0.00310 e. The number of rotatable bonds is 14. The summed E-state index contributed by atoms with van der Waals surface area (Å²) in [5.41, 5.74) is 1.17. The zero-order valence-corrected chi connectivity index (χ0v) is 15.2. The zero-order chi connectivity index (χ0) is 16.1. The van der Waals surface area contributed by atoms with Crippen molar-refractivity contribution in [2.75, 3.05) is 7.05 Å². The molecule has 3 atom stereocenters. The first-order valence-corrected chi connectivity index (χ1v) is 9.14. The molecule has 0 rings (SSSR count). The quantitative estimate of drug-likeness (QED) is 0.393. The van der Waals surface area contributed by atoms with Gasteiger partial charge < -0.3 is 5.32 Å². The maximum atomic E-state index is 3.99.